The molecule has 0 radical (unpaired) electrons. The summed E-state index contributed by atoms with van der Waals surface area (Å²) >= 11 is 0. The smallest absolute Gasteiger partial charge is 0.306 e. The number of hydrogen-bond acceptors (Lipinski definition) is 5. The molecule has 1 aromatic rings. The van der Waals surface area contributed by atoms with Gasteiger partial charge in [-0.3, -0.25) is 19.2 Å². The van der Waals surface area contributed by atoms with Gasteiger partial charge >= 0.3 is 5.97 Å². The van der Waals surface area contributed by atoms with Crippen LogP contribution in [0.15, 0.2) is 24.3 Å². The molecule has 0 saturated heterocycles. The maximum absolute atomic E-state index is 12.5. The SMILES string of the molecule is CCOC(=O)C[C@@H](C)[C@H](NC(=O)c1ccccc1NC(C)=O)C(N)=O. The number of para-hydroxylation sites is 1. The highest BCUT2D eigenvalue weighted by Crippen LogP contribution is 2.16. The third kappa shape index (κ3) is 6.25. The largest absolute Gasteiger partial charge is 0.466 e. The fourth-order valence-electron chi connectivity index (χ4n) is 2.29. The Morgan fingerprint density at radius 3 is 2.40 bits per heavy atom. The number of benzene rings is 1. The number of nitrogens with two attached hydrogens (primary N) is 1. The zero-order chi connectivity index (χ0) is 19.0. The summed E-state index contributed by atoms with van der Waals surface area (Å²) in [6, 6.07) is 5.31. The van der Waals surface area contributed by atoms with Crippen LogP contribution in [-0.4, -0.2) is 36.3 Å². The van der Waals surface area contributed by atoms with Gasteiger partial charge in [-0.1, -0.05) is 19.1 Å². The minimum atomic E-state index is -1.05. The summed E-state index contributed by atoms with van der Waals surface area (Å²) in [4.78, 5) is 47.0. The predicted molar refractivity (Wildman–Crippen MR) is 91.6 cm³/mol. The Labute approximate surface area is 146 Å². The Bertz CT molecular complexity index is 659. The van der Waals surface area contributed by atoms with Gasteiger partial charge in [0.25, 0.3) is 5.91 Å². The topological polar surface area (TPSA) is 128 Å². The molecule has 2 atom stereocenters. The van der Waals surface area contributed by atoms with Gasteiger partial charge in [0.2, 0.25) is 11.8 Å². The number of carbonyl (C=O) groups is 4. The molecule has 136 valence electrons. The first-order valence-corrected chi connectivity index (χ1v) is 7.88. The molecule has 0 heterocycles. The number of carbonyl (C=O) groups excluding carboxylic acids is 4. The zero-order valence-corrected chi connectivity index (χ0v) is 14.5. The normalized spacial score (nSPS) is 12.6. The lowest BCUT2D eigenvalue weighted by Gasteiger charge is -2.22. The van der Waals surface area contributed by atoms with Crippen molar-refractivity contribution in [3.63, 3.8) is 0 Å². The van der Waals surface area contributed by atoms with Gasteiger partial charge in [0, 0.05) is 6.92 Å². The molecule has 0 aromatic heterocycles. The first-order valence-electron chi connectivity index (χ1n) is 7.88. The first kappa shape index (κ1) is 20.1. The molecule has 0 spiro atoms. The van der Waals surface area contributed by atoms with Crippen LogP contribution in [0.1, 0.15) is 37.6 Å². The van der Waals surface area contributed by atoms with Crippen molar-refractivity contribution in [2.45, 2.75) is 33.2 Å². The molecule has 25 heavy (non-hydrogen) atoms. The fourth-order valence-corrected chi connectivity index (χ4v) is 2.29. The van der Waals surface area contributed by atoms with Gasteiger partial charge < -0.3 is 21.1 Å². The third-order valence-electron chi connectivity index (χ3n) is 3.44. The van der Waals surface area contributed by atoms with Crippen LogP contribution in [0.4, 0.5) is 5.69 Å². The van der Waals surface area contributed by atoms with Crippen LogP contribution in [0, 0.1) is 5.92 Å². The number of anilines is 1. The molecule has 1 aromatic carbocycles. The van der Waals surface area contributed by atoms with Gasteiger partial charge in [0.15, 0.2) is 0 Å². The Kier molecular flexibility index (Phi) is 7.58. The number of ether oxygens (including phenoxy) is 1. The quantitative estimate of drug-likeness (QED) is 0.599. The van der Waals surface area contributed by atoms with Gasteiger partial charge in [0.1, 0.15) is 6.04 Å². The molecular formula is C17H23N3O5. The van der Waals surface area contributed by atoms with Crippen molar-refractivity contribution in [3.8, 4) is 0 Å². The van der Waals surface area contributed by atoms with E-state index in [2.05, 4.69) is 10.6 Å². The Morgan fingerprint density at radius 1 is 1.20 bits per heavy atom. The monoisotopic (exact) mass is 349 g/mol. The number of rotatable bonds is 8. The third-order valence-corrected chi connectivity index (χ3v) is 3.44. The second-order valence-electron chi connectivity index (χ2n) is 5.57. The second kappa shape index (κ2) is 9.41. The molecule has 0 bridgehead atoms. The molecule has 4 N–H and O–H groups in total. The van der Waals surface area contributed by atoms with E-state index >= 15 is 0 Å². The summed E-state index contributed by atoms with van der Waals surface area (Å²) in [6.07, 6.45) is -0.0604. The summed E-state index contributed by atoms with van der Waals surface area (Å²) in [7, 11) is 0. The maximum Gasteiger partial charge on any atom is 0.306 e. The van der Waals surface area contributed by atoms with E-state index in [1.807, 2.05) is 0 Å². The lowest BCUT2D eigenvalue weighted by atomic mass is 9.97. The molecule has 1 rings (SSSR count). The van der Waals surface area contributed by atoms with E-state index < -0.39 is 29.7 Å². The van der Waals surface area contributed by atoms with E-state index in [0.29, 0.717) is 5.69 Å². The highest BCUT2D eigenvalue weighted by atomic mass is 16.5. The maximum atomic E-state index is 12.5. The molecule has 3 amide bonds. The van der Waals surface area contributed by atoms with Crippen molar-refractivity contribution in [1.29, 1.82) is 0 Å². The van der Waals surface area contributed by atoms with E-state index in [1.54, 1.807) is 32.0 Å². The molecule has 0 aliphatic heterocycles. The van der Waals surface area contributed by atoms with Gasteiger partial charge in [0.05, 0.1) is 24.3 Å². The van der Waals surface area contributed by atoms with Crippen molar-refractivity contribution in [1.82, 2.24) is 5.32 Å². The van der Waals surface area contributed by atoms with Crippen molar-refractivity contribution in [2.75, 3.05) is 11.9 Å². The van der Waals surface area contributed by atoms with E-state index in [0.717, 1.165) is 0 Å². The van der Waals surface area contributed by atoms with E-state index in [4.69, 9.17) is 10.5 Å². The summed E-state index contributed by atoms with van der Waals surface area (Å²) in [5.41, 5.74) is 5.86. The average molecular weight is 349 g/mol. The van der Waals surface area contributed by atoms with Crippen LogP contribution in [0.2, 0.25) is 0 Å². The molecular weight excluding hydrogens is 326 g/mol. The minimum Gasteiger partial charge on any atom is -0.466 e. The van der Waals surface area contributed by atoms with E-state index in [9.17, 15) is 19.2 Å². The molecule has 0 fully saturated rings. The molecule has 0 aliphatic carbocycles. The summed E-state index contributed by atoms with van der Waals surface area (Å²) in [5.74, 6) is -2.70. The minimum absolute atomic E-state index is 0.0604. The van der Waals surface area contributed by atoms with Crippen molar-refractivity contribution >= 4 is 29.4 Å². The molecule has 0 aliphatic rings. The van der Waals surface area contributed by atoms with Gasteiger partial charge in [-0.05, 0) is 25.0 Å². The lowest BCUT2D eigenvalue weighted by Crippen LogP contribution is -2.49. The van der Waals surface area contributed by atoms with Crippen LogP contribution in [0.5, 0.6) is 0 Å². The van der Waals surface area contributed by atoms with Crippen LogP contribution in [-0.2, 0) is 19.1 Å². The standard InChI is InChI=1S/C17H23N3O5/c1-4-25-14(22)9-10(2)15(16(18)23)20-17(24)12-7-5-6-8-13(12)19-11(3)21/h5-8,10,15H,4,9H2,1-3H3,(H2,18,23)(H,19,21)(H,20,24)/t10-,15+/m1/s1. The van der Waals surface area contributed by atoms with Crippen molar-refractivity contribution in [2.24, 2.45) is 11.7 Å². The highest BCUT2D eigenvalue weighted by molar-refractivity contribution is 6.04. The summed E-state index contributed by atoms with van der Waals surface area (Å²) in [6.45, 7) is 4.84. The summed E-state index contributed by atoms with van der Waals surface area (Å²) in [5, 5.41) is 5.07. The van der Waals surface area contributed by atoms with Crippen molar-refractivity contribution < 1.29 is 23.9 Å². The molecule has 8 nitrogen and oxygen atoms in total. The zero-order valence-electron chi connectivity index (χ0n) is 14.5. The fraction of sp³-hybridized carbons (Fsp3) is 0.412. The van der Waals surface area contributed by atoms with E-state index in [-0.39, 0.29) is 24.5 Å². The lowest BCUT2D eigenvalue weighted by molar-refractivity contribution is -0.144. The van der Waals surface area contributed by atoms with Gasteiger partial charge in [-0.25, -0.2) is 0 Å². The van der Waals surface area contributed by atoms with Crippen LogP contribution >= 0.6 is 0 Å². The van der Waals surface area contributed by atoms with Crippen molar-refractivity contribution in [3.05, 3.63) is 29.8 Å². The number of hydrogen-bond donors (Lipinski definition) is 3. The van der Waals surface area contributed by atoms with Crippen LogP contribution in [0.3, 0.4) is 0 Å². The van der Waals surface area contributed by atoms with Gasteiger partial charge in [-0.2, -0.15) is 0 Å². The predicted octanol–water partition coefficient (Wildman–Crippen LogP) is 0.818. The number of primary amides is 1. The molecule has 8 heteroatoms. The average Bonchev–Trinajstić information content (AvgIpc) is 2.52. The Balaban J connectivity index is 2.92. The number of esters is 1. The number of amides is 3. The van der Waals surface area contributed by atoms with E-state index in [1.165, 1.54) is 13.0 Å². The Hall–Kier alpha value is -2.90. The molecule has 0 saturated carbocycles. The van der Waals surface area contributed by atoms with Gasteiger partial charge in [-0.15, -0.1) is 0 Å². The Morgan fingerprint density at radius 2 is 1.84 bits per heavy atom. The molecule has 0 unspecified atom stereocenters. The highest BCUT2D eigenvalue weighted by Gasteiger charge is 2.28. The number of nitrogens with one attached hydrogen (secondary N) is 2. The summed E-state index contributed by atoms with van der Waals surface area (Å²) < 4.78 is 4.84. The van der Waals surface area contributed by atoms with Crippen LogP contribution in [0.25, 0.3) is 0 Å². The second-order valence-corrected chi connectivity index (χ2v) is 5.57. The first-order chi connectivity index (χ1) is 11.8. The van der Waals surface area contributed by atoms with Crippen LogP contribution < -0.4 is 16.4 Å².